The molecule has 0 saturated heterocycles. The van der Waals surface area contributed by atoms with Crippen LogP contribution in [0.5, 0.6) is 0 Å². The Balaban J connectivity index is 1.79. The van der Waals surface area contributed by atoms with E-state index in [0.29, 0.717) is 34.6 Å². The number of aromatic nitrogens is 1. The van der Waals surface area contributed by atoms with Gasteiger partial charge in [-0.1, -0.05) is 36.7 Å². The van der Waals surface area contributed by atoms with Crippen molar-refractivity contribution < 1.29 is 13.9 Å². The highest BCUT2D eigenvalue weighted by atomic mass is 35.5. The molecule has 0 bridgehead atoms. The molecular weight excluding hydrogens is 298 g/mol. The smallest absolute Gasteiger partial charge is 0.306 e. The normalized spacial score (nSPS) is 10.9. The lowest BCUT2D eigenvalue weighted by molar-refractivity contribution is -0.143. The van der Waals surface area contributed by atoms with Gasteiger partial charge in [0.05, 0.1) is 13.0 Å². The van der Waals surface area contributed by atoms with Crippen LogP contribution >= 0.6 is 23.4 Å². The topological polar surface area (TPSA) is 52.3 Å². The van der Waals surface area contributed by atoms with Gasteiger partial charge in [0.15, 0.2) is 5.58 Å². The van der Waals surface area contributed by atoms with Crippen LogP contribution in [-0.4, -0.2) is 23.3 Å². The van der Waals surface area contributed by atoms with E-state index in [1.807, 2.05) is 0 Å². The zero-order valence-corrected chi connectivity index (χ0v) is 12.8. The predicted octanol–water partition coefficient (Wildman–Crippen LogP) is 4.31. The largest absolute Gasteiger partial charge is 0.466 e. The van der Waals surface area contributed by atoms with Gasteiger partial charge in [0, 0.05) is 10.8 Å². The van der Waals surface area contributed by atoms with Crippen LogP contribution in [-0.2, 0) is 9.53 Å². The number of carbonyl (C=O) groups excluding carboxylic acids is 1. The van der Waals surface area contributed by atoms with Gasteiger partial charge in [0.25, 0.3) is 5.22 Å². The first kappa shape index (κ1) is 15.2. The summed E-state index contributed by atoms with van der Waals surface area (Å²) >= 11 is 7.28. The first-order valence-electron chi connectivity index (χ1n) is 6.53. The lowest BCUT2D eigenvalue weighted by Crippen LogP contribution is -2.06. The first-order chi connectivity index (χ1) is 9.69. The SMILES string of the molecule is CCCCOC(=O)CCSc1nc2cc(Cl)ccc2o1. The lowest BCUT2D eigenvalue weighted by atomic mass is 10.3. The molecule has 0 spiro atoms. The third kappa shape index (κ3) is 4.42. The number of benzene rings is 1. The van der Waals surface area contributed by atoms with Crippen molar-refractivity contribution in [3.8, 4) is 0 Å². The van der Waals surface area contributed by atoms with Gasteiger partial charge >= 0.3 is 5.97 Å². The van der Waals surface area contributed by atoms with Crippen LogP contribution in [0.15, 0.2) is 27.8 Å². The fourth-order valence-corrected chi connectivity index (χ4v) is 2.49. The van der Waals surface area contributed by atoms with Gasteiger partial charge in [-0.3, -0.25) is 4.79 Å². The summed E-state index contributed by atoms with van der Waals surface area (Å²) in [6.45, 7) is 2.56. The van der Waals surface area contributed by atoms with E-state index in [4.69, 9.17) is 20.8 Å². The number of hydrogen-bond acceptors (Lipinski definition) is 5. The molecule has 0 aliphatic carbocycles. The second-order valence-electron chi connectivity index (χ2n) is 4.26. The molecule has 1 aromatic heterocycles. The van der Waals surface area contributed by atoms with Crippen LogP contribution in [0.3, 0.4) is 0 Å². The predicted molar refractivity (Wildman–Crippen MR) is 80.2 cm³/mol. The van der Waals surface area contributed by atoms with Gasteiger partial charge in [-0.15, -0.1) is 0 Å². The quantitative estimate of drug-likeness (QED) is 0.433. The van der Waals surface area contributed by atoms with Gasteiger partial charge in [-0.25, -0.2) is 4.98 Å². The number of oxazole rings is 1. The molecule has 1 heterocycles. The average Bonchev–Trinajstić information content (AvgIpc) is 2.81. The molecule has 108 valence electrons. The van der Waals surface area contributed by atoms with Gasteiger partial charge in [-0.05, 0) is 24.6 Å². The van der Waals surface area contributed by atoms with E-state index < -0.39 is 0 Å². The number of halogens is 1. The molecule has 0 atom stereocenters. The van der Waals surface area contributed by atoms with Gasteiger partial charge in [0.1, 0.15) is 5.52 Å². The molecule has 1 aromatic carbocycles. The highest BCUT2D eigenvalue weighted by Gasteiger charge is 2.08. The molecule has 20 heavy (non-hydrogen) atoms. The van der Waals surface area contributed by atoms with Crippen molar-refractivity contribution in [2.45, 2.75) is 31.4 Å². The number of ether oxygens (including phenoxy) is 1. The standard InChI is InChI=1S/C14H16ClNO3S/c1-2-3-7-18-13(17)6-8-20-14-16-11-9-10(15)4-5-12(11)19-14/h4-5,9H,2-3,6-8H2,1H3. The maximum Gasteiger partial charge on any atom is 0.306 e. The molecular formula is C14H16ClNO3S. The summed E-state index contributed by atoms with van der Waals surface area (Å²) in [5.41, 5.74) is 1.42. The van der Waals surface area contributed by atoms with E-state index in [9.17, 15) is 4.79 Å². The molecule has 2 rings (SSSR count). The molecule has 0 unspecified atom stereocenters. The van der Waals surface area contributed by atoms with Gasteiger partial charge in [-0.2, -0.15) is 0 Å². The average molecular weight is 314 g/mol. The van der Waals surface area contributed by atoms with Crippen molar-refractivity contribution in [1.29, 1.82) is 0 Å². The minimum atomic E-state index is -0.176. The van der Waals surface area contributed by atoms with E-state index in [1.165, 1.54) is 11.8 Å². The van der Waals surface area contributed by atoms with Crippen molar-refractivity contribution in [2.24, 2.45) is 0 Å². The number of nitrogens with zero attached hydrogens (tertiary/aromatic N) is 1. The summed E-state index contributed by atoms with van der Waals surface area (Å²) in [4.78, 5) is 15.7. The zero-order chi connectivity index (χ0) is 14.4. The zero-order valence-electron chi connectivity index (χ0n) is 11.2. The number of unbranched alkanes of at least 4 members (excludes halogenated alkanes) is 1. The van der Waals surface area contributed by atoms with Crippen LogP contribution in [0.4, 0.5) is 0 Å². The Bertz CT molecular complexity index is 585. The summed E-state index contributed by atoms with van der Waals surface area (Å²) in [7, 11) is 0. The van der Waals surface area contributed by atoms with Crippen LogP contribution in [0.2, 0.25) is 5.02 Å². The second-order valence-corrected chi connectivity index (χ2v) is 5.75. The molecule has 0 fully saturated rings. The number of esters is 1. The number of carbonyl (C=O) groups is 1. The molecule has 0 N–H and O–H groups in total. The Kier molecular flexibility index (Phi) is 5.73. The fraction of sp³-hybridized carbons (Fsp3) is 0.429. The minimum absolute atomic E-state index is 0.176. The second kappa shape index (κ2) is 7.55. The van der Waals surface area contributed by atoms with Crippen LogP contribution < -0.4 is 0 Å². The molecule has 4 nitrogen and oxygen atoms in total. The van der Waals surface area contributed by atoms with E-state index in [0.717, 1.165) is 18.4 Å². The van der Waals surface area contributed by atoms with E-state index >= 15 is 0 Å². The summed E-state index contributed by atoms with van der Waals surface area (Å²) in [6, 6.07) is 5.30. The number of hydrogen-bond donors (Lipinski definition) is 0. The number of rotatable bonds is 7. The summed E-state index contributed by atoms with van der Waals surface area (Å²) in [6.07, 6.45) is 2.28. The third-order valence-corrected chi connectivity index (χ3v) is 3.69. The summed E-state index contributed by atoms with van der Waals surface area (Å²) < 4.78 is 10.6. The summed E-state index contributed by atoms with van der Waals surface area (Å²) in [5, 5.41) is 1.17. The van der Waals surface area contributed by atoms with Crippen LogP contribution in [0.1, 0.15) is 26.2 Å². The third-order valence-electron chi connectivity index (χ3n) is 2.62. The first-order valence-corrected chi connectivity index (χ1v) is 7.90. The molecule has 0 aliphatic heterocycles. The van der Waals surface area contributed by atoms with E-state index in [1.54, 1.807) is 18.2 Å². The molecule has 0 saturated carbocycles. The van der Waals surface area contributed by atoms with Crippen molar-refractivity contribution in [3.05, 3.63) is 23.2 Å². The van der Waals surface area contributed by atoms with E-state index in [-0.39, 0.29) is 5.97 Å². The van der Waals surface area contributed by atoms with Crippen molar-refractivity contribution in [2.75, 3.05) is 12.4 Å². The Morgan fingerprint density at radius 1 is 1.50 bits per heavy atom. The van der Waals surface area contributed by atoms with Crippen LogP contribution in [0.25, 0.3) is 11.1 Å². The Labute approximate surface area is 126 Å². The van der Waals surface area contributed by atoms with Crippen molar-refractivity contribution >= 4 is 40.4 Å². The Morgan fingerprint density at radius 3 is 3.15 bits per heavy atom. The molecule has 0 aliphatic rings. The Morgan fingerprint density at radius 2 is 2.35 bits per heavy atom. The molecule has 0 radical (unpaired) electrons. The molecule has 0 amide bonds. The highest BCUT2D eigenvalue weighted by molar-refractivity contribution is 7.99. The highest BCUT2D eigenvalue weighted by Crippen LogP contribution is 2.25. The molecule has 6 heteroatoms. The van der Waals surface area contributed by atoms with Gasteiger partial charge < -0.3 is 9.15 Å². The number of thioether (sulfide) groups is 1. The van der Waals surface area contributed by atoms with Crippen LogP contribution in [0, 0.1) is 0 Å². The minimum Gasteiger partial charge on any atom is -0.466 e. The fourth-order valence-electron chi connectivity index (χ4n) is 1.57. The monoisotopic (exact) mass is 313 g/mol. The maximum absolute atomic E-state index is 11.4. The number of fused-ring (bicyclic) bond motifs is 1. The van der Waals surface area contributed by atoms with Crippen molar-refractivity contribution in [1.82, 2.24) is 4.98 Å². The molecule has 2 aromatic rings. The van der Waals surface area contributed by atoms with Crippen molar-refractivity contribution in [3.63, 3.8) is 0 Å². The van der Waals surface area contributed by atoms with E-state index in [2.05, 4.69) is 11.9 Å². The lowest BCUT2D eigenvalue weighted by Gasteiger charge is -2.02. The van der Waals surface area contributed by atoms with Gasteiger partial charge in [0.2, 0.25) is 0 Å². The summed E-state index contributed by atoms with van der Waals surface area (Å²) in [5.74, 6) is 0.413. The Hall–Kier alpha value is -1.20. The maximum atomic E-state index is 11.4.